The number of anilines is 2. The Labute approximate surface area is 161 Å². The maximum Gasteiger partial charge on any atom is 0.250 e. The third-order valence-electron chi connectivity index (χ3n) is 6.10. The Morgan fingerprint density at radius 1 is 1.00 bits per heavy atom. The van der Waals surface area contributed by atoms with Crippen molar-refractivity contribution < 1.29 is 19.1 Å². The SMILES string of the molecule is COc1ccccc1N1C(=O)[C@@H]2[C@@H](C1=O)[C@]1(N[C@@H]2C)C(=O)Nc2ccccc21. The quantitative estimate of drug-likeness (QED) is 0.777. The highest BCUT2D eigenvalue weighted by atomic mass is 16.5. The molecule has 0 aliphatic carbocycles. The lowest BCUT2D eigenvalue weighted by Crippen LogP contribution is -2.53. The molecule has 2 N–H and O–H groups in total. The summed E-state index contributed by atoms with van der Waals surface area (Å²) in [6.07, 6.45) is 0. The van der Waals surface area contributed by atoms with Gasteiger partial charge in [-0.15, -0.1) is 0 Å². The zero-order chi connectivity index (χ0) is 19.6. The van der Waals surface area contributed by atoms with Crippen LogP contribution in [0, 0.1) is 11.8 Å². The van der Waals surface area contributed by atoms with Gasteiger partial charge in [-0.3, -0.25) is 19.7 Å². The second-order valence-electron chi connectivity index (χ2n) is 7.43. The van der Waals surface area contributed by atoms with Crippen LogP contribution in [-0.4, -0.2) is 30.9 Å². The number of nitrogens with zero attached hydrogens (tertiary/aromatic N) is 1. The standard InChI is InChI=1S/C21H19N3O4/c1-11-16-17(21(23-11)12-7-3-4-8-13(12)22-20(21)27)19(26)24(18(16)25)14-9-5-6-10-15(14)28-2/h3-11,16-17,23H,1-2H3,(H,22,27)/t11-,16+,17+,21+/m1/s1. The van der Waals surface area contributed by atoms with E-state index < -0.39 is 17.4 Å². The number of benzene rings is 2. The molecule has 2 fully saturated rings. The first-order chi connectivity index (χ1) is 13.5. The smallest absolute Gasteiger partial charge is 0.250 e. The van der Waals surface area contributed by atoms with Crippen LogP contribution >= 0.6 is 0 Å². The van der Waals surface area contributed by atoms with Gasteiger partial charge in [-0.05, 0) is 25.1 Å². The van der Waals surface area contributed by atoms with E-state index in [1.165, 1.54) is 12.0 Å². The number of hydrogen-bond acceptors (Lipinski definition) is 5. The molecule has 0 radical (unpaired) electrons. The molecule has 0 unspecified atom stereocenters. The van der Waals surface area contributed by atoms with Crippen LogP contribution in [0.1, 0.15) is 12.5 Å². The van der Waals surface area contributed by atoms with Gasteiger partial charge in [0.2, 0.25) is 17.7 Å². The van der Waals surface area contributed by atoms with E-state index in [1.54, 1.807) is 30.3 Å². The molecule has 0 bridgehead atoms. The number of methoxy groups -OCH3 is 1. The first-order valence-electron chi connectivity index (χ1n) is 9.20. The molecule has 3 aliphatic heterocycles. The van der Waals surface area contributed by atoms with Gasteiger partial charge < -0.3 is 10.1 Å². The van der Waals surface area contributed by atoms with E-state index in [-0.39, 0.29) is 23.8 Å². The summed E-state index contributed by atoms with van der Waals surface area (Å²) in [7, 11) is 1.50. The Morgan fingerprint density at radius 2 is 1.71 bits per heavy atom. The van der Waals surface area contributed by atoms with Crippen LogP contribution in [0.5, 0.6) is 5.75 Å². The lowest BCUT2D eigenvalue weighted by Gasteiger charge is -2.29. The molecule has 28 heavy (non-hydrogen) atoms. The Bertz CT molecular complexity index is 1040. The largest absolute Gasteiger partial charge is 0.495 e. The molecule has 0 aromatic heterocycles. The normalized spacial score (nSPS) is 30.6. The number of carbonyl (C=O) groups excluding carboxylic acids is 3. The molecule has 2 aromatic carbocycles. The first-order valence-corrected chi connectivity index (χ1v) is 9.20. The molecule has 1 spiro atoms. The maximum atomic E-state index is 13.6. The number of ether oxygens (including phenoxy) is 1. The minimum atomic E-state index is -1.25. The maximum absolute atomic E-state index is 13.6. The van der Waals surface area contributed by atoms with Crippen molar-refractivity contribution in [1.29, 1.82) is 0 Å². The fraction of sp³-hybridized carbons (Fsp3) is 0.286. The number of hydrogen-bond donors (Lipinski definition) is 2. The molecular weight excluding hydrogens is 358 g/mol. The van der Waals surface area contributed by atoms with Crippen molar-refractivity contribution in [3.8, 4) is 5.75 Å². The van der Waals surface area contributed by atoms with E-state index in [2.05, 4.69) is 10.6 Å². The van der Waals surface area contributed by atoms with Gasteiger partial charge in [0, 0.05) is 17.3 Å². The minimum absolute atomic E-state index is 0.295. The summed E-state index contributed by atoms with van der Waals surface area (Å²) in [6.45, 7) is 1.84. The average molecular weight is 377 g/mol. The van der Waals surface area contributed by atoms with Gasteiger partial charge in [-0.2, -0.15) is 0 Å². The Morgan fingerprint density at radius 3 is 2.50 bits per heavy atom. The number of carbonyl (C=O) groups is 3. The molecule has 7 heteroatoms. The lowest BCUT2D eigenvalue weighted by molar-refractivity contribution is -0.130. The van der Waals surface area contributed by atoms with Gasteiger partial charge in [0.25, 0.3) is 0 Å². The van der Waals surface area contributed by atoms with Crippen molar-refractivity contribution in [3.05, 3.63) is 54.1 Å². The number of rotatable bonds is 2. The molecule has 142 valence electrons. The third kappa shape index (κ3) is 1.89. The van der Waals surface area contributed by atoms with Gasteiger partial charge >= 0.3 is 0 Å². The van der Waals surface area contributed by atoms with Crippen molar-refractivity contribution >= 4 is 29.1 Å². The second-order valence-corrected chi connectivity index (χ2v) is 7.43. The molecule has 3 amide bonds. The van der Waals surface area contributed by atoms with E-state index >= 15 is 0 Å². The van der Waals surface area contributed by atoms with Gasteiger partial charge in [0.1, 0.15) is 11.3 Å². The number of para-hydroxylation sites is 3. The summed E-state index contributed by atoms with van der Waals surface area (Å²) in [6, 6.07) is 13.9. The molecule has 2 aromatic rings. The molecule has 5 rings (SSSR count). The van der Waals surface area contributed by atoms with Gasteiger partial charge in [0.15, 0.2) is 0 Å². The highest BCUT2D eigenvalue weighted by molar-refractivity contribution is 6.26. The van der Waals surface area contributed by atoms with E-state index in [0.717, 1.165) is 0 Å². The van der Waals surface area contributed by atoms with Crippen molar-refractivity contribution in [2.75, 3.05) is 17.3 Å². The second kappa shape index (κ2) is 5.65. The van der Waals surface area contributed by atoms with Gasteiger partial charge in [-0.25, -0.2) is 4.90 Å². The average Bonchev–Trinajstić information content (AvgIpc) is 3.26. The highest BCUT2D eigenvalue weighted by Crippen LogP contribution is 2.53. The first kappa shape index (κ1) is 16.9. The van der Waals surface area contributed by atoms with E-state index in [9.17, 15) is 14.4 Å². The zero-order valence-corrected chi connectivity index (χ0v) is 15.4. The monoisotopic (exact) mass is 377 g/mol. The summed E-state index contributed by atoms with van der Waals surface area (Å²) in [4.78, 5) is 41.1. The zero-order valence-electron chi connectivity index (χ0n) is 15.4. The number of amides is 3. The Kier molecular flexibility index (Phi) is 3.42. The molecule has 3 aliphatic rings. The van der Waals surface area contributed by atoms with Crippen LogP contribution in [0.4, 0.5) is 11.4 Å². The molecule has 2 saturated heterocycles. The molecule has 0 saturated carbocycles. The van der Waals surface area contributed by atoms with Crippen molar-refractivity contribution in [2.45, 2.75) is 18.5 Å². The van der Waals surface area contributed by atoms with Crippen LogP contribution in [0.3, 0.4) is 0 Å². The van der Waals surface area contributed by atoms with E-state index in [1.807, 2.05) is 25.1 Å². The van der Waals surface area contributed by atoms with Crippen LogP contribution < -0.4 is 20.3 Å². The Balaban J connectivity index is 1.68. The van der Waals surface area contributed by atoms with Crippen LogP contribution in [0.25, 0.3) is 0 Å². The van der Waals surface area contributed by atoms with Crippen LogP contribution in [-0.2, 0) is 19.9 Å². The van der Waals surface area contributed by atoms with Gasteiger partial charge in [0.05, 0.1) is 24.6 Å². The predicted molar refractivity (Wildman–Crippen MR) is 102 cm³/mol. The molecule has 4 atom stereocenters. The molecular formula is C21H19N3O4. The van der Waals surface area contributed by atoms with Crippen LogP contribution in [0.15, 0.2) is 48.5 Å². The summed E-state index contributed by atoms with van der Waals surface area (Å²) in [5, 5.41) is 6.15. The molecule has 7 nitrogen and oxygen atoms in total. The van der Waals surface area contributed by atoms with Crippen molar-refractivity contribution in [1.82, 2.24) is 5.32 Å². The Hall–Kier alpha value is -3.19. The van der Waals surface area contributed by atoms with Crippen molar-refractivity contribution in [3.63, 3.8) is 0 Å². The fourth-order valence-electron chi connectivity index (χ4n) is 4.97. The minimum Gasteiger partial charge on any atom is -0.495 e. The van der Waals surface area contributed by atoms with Gasteiger partial charge in [-0.1, -0.05) is 30.3 Å². The van der Waals surface area contributed by atoms with E-state index in [0.29, 0.717) is 22.7 Å². The topological polar surface area (TPSA) is 87.7 Å². The number of fused-ring (bicyclic) bond motifs is 4. The number of nitrogens with one attached hydrogen (secondary N) is 2. The summed E-state index contributed by atoms with van der Waals surface area (Å²) < 4.78 is 5.36. The summed E-state index contributed by atoms with van der Waals surface area (Å²) in [5.41, 5.74) is 0.541. The molecule has 3 heterocycles. The predicted octanol–water partition coefficient (Wildman–Crippen LogP) is 1.64. The summed E-state index contributed by atoms with van der Waals surface area (Å²) >= 11 is 0. The van der Waals surface area contributed by atoms with Crippen molar-refractivity contribution in [2.24, 2.45) is 11.8 Å². The van der Waals surface area contributed by atoms with E-state index in [4.69, 9.17) is 4.74 Å². The lowest BCUT2D eigenvalue weighted by atomic mass is 9.76. The summed E-state index contributed by atoms with van der Waals surface area (Å²) in [5.74, 6) is -2.00. The third-order valence-corrected chi connectivity index (χ3v) is 6.10. The number of imide groups is 1. The fourth-order valence-corrected chi connectivity index (χ4v) is 4.97. The highest BCUT2D eigenvalue weighted by Gasteiger charge is 2.70. The van der Waals surface area contributed by atoms with Crippen LogP contribution in [0.2, 0.25) is 0 Å².